The van der Waals surface area contributed by atoms with E-state index < -0.39 is 0 Å². The molecule has 3 nitrogen and oxygen atoms in total. The number of rotatable bonds is 5. The first-order valence-corrected chi connectivity index (χ1v) is 8.56. The summed E-state index contributed by atoms with van der Waals surface area (Å²) >= 11 is 0. The van der Waals surface area contributed by atoms with E-state index in [1.54, 1.807) is 0 Å². The van der Waals surface area contributed by atoms with Crippen molar-refractivity contribution in [3.8, 4) is 0 Å². The molecule has 2 aliphatic carbocycles. The van der Waals surface area contributed by atoms with Gasteiger partial charge in [0.1, 0.15) is 0 Å². The minimum absolute atomic E-state index is 0.660. The van der Waals surface area contributed by atoms with Crippen LogP contribution in [0.1, 0.15) is 70.0 Å². The van der Waals surface area contributed by atoms with Crippen molar-refractivity contribution >= 4 is 0 Å². The maximum atomic E-state index is 4.77. The summed E-state index contributed by atoms with van der Waals surface area (Å²) in [5.74, 6) is 1.83. The summed E-state index contributed by atoms with van der Waals surface area (Å²) in [5, 5.41) is 8.37. The molecule has 2 atom stereocenters. The maximum absolute atomic E-state index is 4.77. The van der Waals surface area contributed by atoms with E-state index in [1.807, 2.05) is 0 Å². The lowest BCUT2D eigenvalue weighted by Gasteiger charge is -2.21. The van der Waals surface area contributed by atoms with Crippen LogP contribution in [0.2, 0.25) is 0 Å². The van der Waals surface area contributed by atoms with E-state index in [-0.39, 0.29) is 0 Å². The molecular formula is C17H29N3. The van der Waals surface area contributed by atoms with Crippen LogP contribution in [0, 0.1) is 11.8 Å². The quantitative estimate of drug-likeness (QED) is 0.883. The number of aromatic nitrogens is 2. The van der Waals surface area contributed by atoms with Gasteiger partial charge in [-0.2, -0.15) is 5.10 Å². The lowest BCUT2D eigenvalue weighted by atomic mass is 9.96. The monoisotopic (exact) mass is 275 g/mol. The molecule has 0 radical (unpaired) electrons. The molecule has 3 heteroatoms. The first kappa shape index (κ1) is 14.1. The van der Waals surface area contributed by atoms with E-state index in [0.29, 0.717) is 6.04 Å². The third-order valence-corrected chi connectivity index (χ3v) is 5.15. The summed E-state index contributed by atoms with van der Waals surface area (Å²) in [6.45, 7) is 4.48. The molecule has 2 aliphatic rings. The molecule has 0 spiro atoms. The fraction of sp³-hybridized carbons (Fsp3) is 0.824. The second-order valence-electron chi connectivity index (χ2n) is 6.99. The molecule has 1 heterocycles. The van der Waals surface area contributed by atoms with Gasteiger partial charge in [-0.25, -0.2) is 0 Å². The van der Waals surface area contributed by atoms with Crippen molar-refractivity contribution in [2.75, 3.05) is 6.54 Å². The average molecular weight is 275 g/mol. The van der Waals surface area contributed by atoms with Gasteiger partial charge in [-0.1, -0.05) is 32.6 Å². The van der Waals surface area contributed by atoms with Gasteiger partial charge < -0.3 is 5.32 Å². The van der Waals surface area contributed by atoms with Crippen LogP contribution in [0.15, 0.2) is 12.3 Å². The van der Waals surface area contributed by atoms with Crippen molar-refractivity contribution < 1.29 is 0 Å². The topological polar surface area (TPSA) is 29.9 Å². The standard InChI is InChI=1S/C17H29N3/c1-14-7-8-15(11-14)12-18-13-16-9-10-20(19-16)17-5-3-2-4-6-17/h9-10,14-15,17-18H,2-8,11-13H2,1H3. The molecule has 0 aromatic carbocycles. The Hall–Kier alpha value is -0.830. The summed E-state index contributed by atoms with van der Waals surface area (Å²) in [5.41, 5.74) is 1.21. The fourth-order valence-corrected chi connectivity index (χ4v) is 3.94. The largest absolute Gasteiger partial charge is 0.311 e. The summed E-state index contributed by atoms with van der Waals surface area (Å²) in [6, 6.07) is 2.85. The van der Waals surface area contributed by atoms with Gasteiger partial charge in [0, 0.05) is 12.7 Å². The Bertz CT molecular complexity index is 406. The van der Waals surface area contributed by atoms with Crippen LogP contribution in [0.25, 0.3) is 0 Å². The zero-order chi connectivity index (χ0) is 13.8. The van der Waals surface area contributed by atoms with Gasteiger partial charge >= 0.3 is 0 Å². The zero-order valence-electron chi connectivity index (χ0n) is 12.9. The summed E-state index contributed by atoms with van der Waals surface area (Å²) in [4.78, 5) is 0. The van der Waals surface area contributed by atoms with Crippen LogP contribution < -0.4 is 5.32 Å². The molecular weight excluding hydrogens is 246 g/mol. The van der Waals surface area contributed by atoms with Gasteiger partial charge in [0.05, 0.1) is 11.7 Å². The maximum Gasteiger partial charge on any atom is 0.0762 e. The van der Waals surface area contributed by atoms with Crippen molar-refractivity contribution in [3.05, 3.63) is 18.0 Å². The zero-order valence-corrected chi connectivity index (χ0v) is 12.9. The number of nitrogens with one attached hydrogen (secondary N) is 1. The van der Waals surface area contributed by atoms with E-state index >= 15 is 0 Å². The SMILES string of the molecule is CC1CCC(CNCc2ccn(C3CCCCC3)n2)C1. The van der Waals surface area contributed by atoms with Crippen LogP contribution in [0.4, 0.5) is 0 Å². The van der Waals surface area contributed by atoms with Crippen LogP contribution in [-0.4, -0.2) is 16.3 Å². The second kappa shape index (κ2) is 6.75. The molecule has 112 valence electrons. The number of hydrogen-bond donors (Lipinski definition) is 1. The lowest BCUT2D eigenvalue weighted by molar-refractivity contribution is 0.327. The number of nitrogens with zero attached hydrogens (tertiary/aromatic N) is 2. The Morgan fingerprint density at radius 2 is 2.05 bits per heavy atom. The normalized spacial score (nSPS) is 28.1. The molecule has 1 aromatic heterocycles. The van der Waals surface area contributed by atoms with E-state index in [1.165, 1.54) is 63.6 Å². The van der Waals surface area contributed by atoms with Crippen molar-refractivity contribution in [1.29, 1.82) is 0 Å². The van der Waals surface area contributed by atoms with Gasteiger partial charge in [0.2, 0.25) is 0 Å². The Balaban J connectivity index is 1.43. The van der Waals surface area contributed by atoms with Crippen molar-refractivity contribution in [2.24, 2.45) is 11.8 Å². The molecule has 2 saturated carbocycles. The highest BCUT2D eigenvalue weighted by Gasteiger charge is 2.20. The summed E-state index contributed by atoms with van der Waals surface area (Å²) in [6.07, 6.45) is 13.2. The van der Waals surface area contributed by atoms with Gasteiger partial charge in [0.15, 0.2) is 0 Å². The van der Waals surface area contributed by atoms with Crippen LogP contribution >= 0.6 is 0 Å². The summed E-state index contributed by atoms with van der Waals surface area (Å²) in [7, 11) is 0. The van der Waals surface area contributed by atoms with E-state index in [0.717, 1.165) is 18.4 Å². The van der Waals surface area contributed by atoms with Crippen molar-refractivity contribution in [3.63, 3.8) is 0 Å². The fourth-order valence-electron chi connectivity index (χ4n) is 3.94. The van der Waals surface area contributed by atoms with Gasteiger partial charge in [0.25, 0.3) is 0 Å². The van der Waals surface area contributed by atoms with Crippen molar-refractivity contribution in [2.45, 2.75) is 70.9 Å². The number of hydrogen-bond acceptors (Lipinski definition) is 2. The molecule has 1 aromatic rings. The predicted octanol–water partition coefficient (Wildman–Crippen LogP) is 3.91. The van der Waals surface area contributed by atoms with E-state index in [4.69, 9.17) is 5.10 Å². The lowest BCUT2D eigenvalue weighted by Crippen LogP contribution is -2.21. The minimum atomic E-state index is 0.660. The average Bonchev–Trinajstić information content (AvgIpc) is 3.09. The highest BCUT2D eigenvalue weighted by molar-refractivity contribution is 4.99. The Morgan fingerprint density at radius 3 is 2.80 bits per heavy atom. The molecule has 20 heavy (non-hydrogen) atoms. The molecule has 3 rings (SSSR count). The summed E-state index contributed by atoms with van der Waals surface area (Å²) < 4.78 is 2.22. The second-order valence-corrected chi connectivity index (χ2v) is 6.99. The molecule has 0 aliphatic heterocycles. The van der Waals surface area contributed by atoms with E-state index in [9.17, 15) is 0 Å². The van der Waals surface area contributed by atoms with Gasteiger partial charge in [-0.05, 0) is 50.1 Å². The first-order chi connectivity index (χ1) is 9.81. The van der Waals surface area contributed by atoms with E-state index in [2.05, 4.69) is 29.2 Å². The smallest absolute Gasteiger partial charge is 0.0762 e. The first-order valence-electron chi connectivity index (χ1n) is 8.56. The molecule has 0 bridgehead atoms. The van der Waals surface area contributed by atoms with Gasteiger partial charge in [-0.15, -0.1) is 0 Å². The molecule has 0 amide bonds. The van der Waals surface area contributed by atoms with Crippen molar-refractivity contribution in [1.82, 2.24) is 15.1 Å². The highest BCUT2D eigenvalue weighted by Crippen LogP contribution is 2.30. The van der Waals surface area contributed by atoms with Crippen LogP contribution in [0.5, 0.6) is 0 Å². The Labute approximate surface area is 123 Å². The third kappa shape index (κ3) is 3.63. The Morgan fingerprint density at radius 1 is 1.20 bits per heavy atom. The van der Waals surface area contributed by atoms with Gasteiger partial charge in [-0.3, -0.25) is 4.68 Å². The van der Waals surface area contributed by atoms with Crippen LogP contribution in [0.3, 0.4) is 0 Å². The predicted molar refractivity (Wildman–Crippen MR) is 82.6 cm³/mol. The van der Waals surface area contributed by atoms with Crippen LogP contribution in [-0.2, 0) is 6.54 Å². The third-order valence-electron chi connectivity index (χ3n) is 5.15. The molecule has 2 fully saturated rings. The molecule has 2 unspecified atom stereocenters. The molecule has 1 N–H and O–H groups in total. The minimum Gasteiger partial charge on any atom is -0.311 e. The Kier molecular flexibility index (Phi) is 4.77. The highest BCUT2D eigenvalue weighted by atomic mass is 15.3. The molecule has 0 saturated heterocycles.